The molecule has 0 saturated carbocycles. The standard InChI is InChI=1S/C19H24FN5O2/c1-12(2)16-11-24(19(27)15-9-17(21)23-22-15)8-7-18(26)25(16)10-13-3-5-14(20)6-4-13/h3-6,9,12,16H,7-8,10-11H2,1-2H3,(H3,21,22,23)/t16-/m0/s1. The lowest BCUT2D eigenvalue weighted by Gasteiger charge is -2.34. The van der Waals surface area contributed by atoms with Crippen LogP contribution in [-0.4, -0.2) is 50.9 Å². The highest BCUT2D eigenvalue weighted by Gasteiger charge is 2.34. The van der Waals surface area contributed by atoms with Gasteiger partial charge in [-0.15, -0.1) is 0 Å². The molecule has 1 aromatic heterocycles. The van der Waals surface area contributed by atoms with Gasteiger partial charge in [-0.1, -0.05) is 26.0 Å². The van der Waals surface area contributed by atoms with E-state index in [1.54, 1.807) is 21.9 Å². The molecule has 2 amide bonds. The summed E-state index contributed by atoms with van der Waals surface area (Å²) in [6.45, 7) is 5.19. The Morgan fingerprint density at radius 3 is 2.67 bits per heavy atom. The normalized spacial score (nSPS) is 18.1. The summed E-state index contributed by atoms with van der Waals surface area (Å²) >= 11 is 0. The van der Waals surface area contributed by atoms with Crippen molar-refractivity contribution in [1.29, 1.82) is 0 Å². The van der Waals surface area contributed by atoms with Gasteiger partial charge in [-0.3, -0.25) is 14.7 Å². The number of amides is 2. The molecule has 1 aliphatic heterocycles. The zero-order valence-corrected chi connectivity index (χ0v) is 15.5. The fraction of sp³-hybridized carbons (Fsp3) is 0.421. The number of halogens is 1. The Hall–Kier alpha value is -2.90. The van der Waals surface area contributed by atoms with Gasteiger partial charge in [0.05, 0.1) is 6.04 Å². The third-order valence-corrected chi connectivity index (χ3v) is 4.87. The summed E-state index contributed by atoms with van der Waals surface area (Å²) in [4.78, 5) is 29.0. The van der Waals surface area contributed by atoms with Gasteiger partial charge in [0.2, 0.25) is 5.91 Å². The quantitative estimate of drug-likeness (QED) is 0.857. The van der Waals surface area contributed by atoms with Crippen LogP contribution in [0, 0.1) is 11.7 Å². The second kappa shape index (κ2) is 7.77. The van der Waals surface area contributed by atoms with E-state index in [2.05, 4.69) is 10.2 Å². The number of H-pyrrole nitrogens is 1. The second-order valence-electron chi connectivity index (χ2n) is 7.17. The van der Waals surface area contributed by atoms with Crippen molar-refractivity contribution < 1.29 is 14.0 Å². The van der Waals surface area contributed by atoms with Crippen molar-refractivity contribution in [2.45, 2.75) is 32.9 Å². The fourth-order valence-corrected chi connectivity index (χ4v) is 3.34. The topological polar surface area (TPSA) is 95.3 Å². The summed E-state index contributed by atoms with van der Waals surface area (Å²) in [5.74, 6) is -0.145. The molecular weight excluding hydrogens is 349 g/mol. The van der Waals surface area contributed by atoms with Gasteiger partial charge in [-0.25, -0.2) is 4.39 Å². The van der Waals surface area contributed by atoms with Crippen molar-refractivity contribution in [1.82, 2.24) is 20.0 Å². The van der Waals surface area contributed by atoms with Crippen molar-refractivity contribution in [2.24, 2.45) is 5.92 Å². The van der Waals surface area contributed by atoms with Gasteiger partial charge < -0.3 is 15.5 Å². The number of rotatable bonds is 4. The Morgan fingerprint density at radius 1 is 1.37 bits per heavy atom. The molecule has 2 aromatic rings. The van der Waals surface area contributed by atoms with Crippen LogP contribution in [0.2, 0.25) is 0 Å². The number of anilines is 1. The number of benzene rings is 1. The van der Waals surface area contributed by atoms with Crippen LogP contribution in [0.25, 0.3) is 0 Å². The molecule has 0 unspecified atom stereocenters. The summed E-state index contributed by atoms with van der Waals surface area (Å²) in [7, 11) is 0. The van der Waals surface area contributed by atoms with Crippen LogP contribution < -0.4 is 5.73 Å². The molecule has 27 heavy (non-hydrogen) atoms. The number of carbonyl (C=O) groups is 2. The zero-order valence-electron chi connectivity index (χ0n) is 15.5. The molecule has 1 saturated heterocycles. The van der Waals surface area contributed by atoms with Gasteiger partial charge in [0.25, 0.3) is 5.91 Å². The first-order valence-electron chi connectivity index (χ1n) is 8.99. The third kappa shape index (κ3) is 4.27. The number of nitrogens with zero attached hydrogens (tertiary/aromatic N) is 3. The van der Waals surface area contributed by atoms with Gasteiger partial charge in [-0.2, -0.15) is 5.10 Å². The number of carbonyl (C=O) groups excluding carboxylic acids is 2. The third-order valence-electron chi connectivity index (χ3n) is 4.87. The minimum absolute atomic E-state index is 0.0163. The summed E-state index contributed by atoms with van der Waals surface area (Å²) in [6, 6.07) is 7.49. The molecule has 1 atom stereocenters. The van der Waals surface area contributed by atoms with Crippen LogP contribution in [0.5, 0.6) is 0 Å². The molecule has 7 nitrogen and oxygen atoms in total. The highest BCUT2D eigenvalue weighted by molar-refractivity contribution is 5.93. The maximum absolute atomic E-state index is 13.2. The van der Waals surface area contributed by atoms with Crippen LogP contribution in [0.3, 0.4) is 0 Å². The molecule has 1 aromatic carbocycles. The van der Waals surface area contributed by atoms with Crippen LogP contribution in [0.15, 0.2) is 30.3 Å². The largest absolute Gasteiger partial charge is 0.382 e. The van der Waals surface area contributed by atoms with Crippen LogP contribution >= 0.6 is 0 Å². The van der Waals surface area contributed by atoms with E-state index in [-0.39, 0.29) is 41.8 Å². The molecule has 2 heterocycles. The maximum atomic E-state index is 13.2. The van der Waals surface area contributed by atoms with E-state index < -0.39 is 0 Å². The van der Waals surface area contributed by atoms with Crippen LogP contribution in [-0.2, 0) is 11.3 Å². The smallest absolute Gasteiger partial charge is 0.272 e. The number of nitrogens with two attached hydrogens (primary N) is 1. The molecule has 0 bridgehead atoms. The summed E-state index contributed by atoms with van der Waals surface area (Å²) in [5.41, 5.74) is 6.76. The van der Waals surface area contributed by atoms with Crippen molar-refractivity contribution >= 4 is 17.6 Å². The number of nitrogen functional groups attached to an aromatic ring is 1. The molecule has 3 N–H and O–H groups in total. The number of hydrogen-bond donors (Lipinski definition) is 2. The molecular formula is C19H24FN5O2. The molecule has 1 aliphatic rings. The Kier molecular flexibility index (Phi) is 5.43. The van der Waals surface area contributed by atoms with Crippen molar-refractivity contribution in [2.75, 3.05) is 18.8 Å². The minimum Gasteiger partial charge on any atom is -0.382 e. The number of aromatic amines is 1. The molecule has 0 aliphatic carbocycles. The summed E-state index contributed by atoms with van der Waals surface area (Å²) in [6.07, 6.45) is 0.236. The Balaban J connectivity index is 1.81. The van der Waals surface area contributed by atoms with E-state index in [9.17, 15) is 14.0 Å². The van der Waals surface area contributed by atoms with Crippen molar-refractivity contribution in [3.05, 3.63) is 47.4 Å². The second-order valence-corrected chi connectivity index (χ2v) is 7.17. The Morgan fingerprint density at radius 2 is 2.07 bits per heavy atom. The van der Waals surface area contributed by atoms with Crippen LogP contribution in [0.1, 0.15) is 36.3 Å². The lowest BCUT2D eigenvalue weighted by atomic mass is 10.0. The first kappa shape index (κ1) is 18.9. The molecule has 8 heteroatoms. The van der Waals surface area contributed by atoms with Crippen molar-refractivity contribution in [3.63, 3.8) is 0 Å². The summed E-state index contributed by atoms with van der Waals surface area (Å²) < 4.78 is 13.2. The first-order chi connectivity index (χ1) is 12.8. The minimum atomic E-state index is -0.308. The summed E-state index contributed by atoms with van der Waals surface area (Å²) in [5, 5.41) is 6.43. The van der Waals surface area contributed by atoms with Gasteiger partial charge in [0.15, 0.2) is 0 Å². The lowest BCUT2D eigenvalue weighted by molar-refractivity contribution is -0.134. The first-order valence-corrected chi connectivity index (χ1v) is 8.99. The predicted molar refractivity (Wildman–Crippen MR) is 99.1 cm³/mol. The SMILES string of the molecule is CC(C)[C@@H]1CN(C(=O)c2cc(N)n[nH]2)CCC(=O)N1Cc1ccc(F)cc1. The number of aromatic nitrogens is 2. The average Bonchev–Trinajstić information content (AvgIpc) is 3.00. The Labute approximate surface area is 157 Å². The van der Waals surface area contributed by atoms with E-state index in [1.807, 2.05) is 13.8 Å². The maximum Gasteiger partial charge on any atom is 0.272 e. The van der Waals surface area contributed by atoms with Gasteiger partial charge in [0, 0.05) is 32.1 Å². The van der Waals surface area contributed by atoms with E-state index in [4.69, 9.17) is 5.73 Å². The number of nitrogens with one attached hydrogen (secondary N) is 1. The van der Waals surface area contributed by atoms with Gasteiger partial charge in [-0.05, 0) is 23.6 Å². The predicted octanol–water partition coefficient (Wildman–Crippen LogP) is 2.03. The lowest BCUT2D eigenvalue weighted by Crippen LogP contribution is -2.47. The zero-order chi connectivity index (χ0) is 19.6. The highest BCUT2D eigenvalue weighted by atomic mass is 19.1. The van der Waals surface area contributed by atoms with Crippen LogP contribution in [0.4, 0.5) is 10.2 Å². The van der Waals surface area contributed by atoms with Crippen molar-refractivity contribution in [3.8, 4) is 0 Å². The van der Waals surface area contributed by atoms with Gasteiger partial charge in [0.1, 0.15) is 17.3 Å². The molecule has 0 spiro atoms. The number of hydrogen-bond acceptors (Lipinski definition) is 4. The van der Waals surface area contributed by atoms with E-state index >= 15 is 0 Å². The van der Waals surface area contributed by atoms with E-state index in [1.165, 1.54) is 18.2 Å². The molecule has 1 fully saturated rings. The molecule has 0 radical (unpaired) electrons. The molecule has 144 valence electrons. The molecule has 3 rings (SSSR count). The fourth-order valence-electron chi connectivity index (χ4n) is 3.34. The van der Waals surface area contributed by atoms with E-state index in [0.717, 1.165) is 5.56 Å². The average molecular weight is 373 g/mol. The monoisotopic (exact) mass is 373 g/mol. The highest BCUT2D eigenvalue weighted by Crippen LogP contribution is 2.22. The van der Waals surface area contributed by atoms with Gasteiger partial charge >= 0.3 is 0 Å². The van der Waals surface area contributed by atoms with E-state index in [0.29, 0.717) is 25.3 Å². The Bertz CT molecular complexity index is 818.